The fourth-order valence-corrected chi connectivity index (χ4v) is 2.26. The molecule has 2 heterocycles. The third kappa shape index (κ3) is 3.40. The maximum absolute atomic E-state index is 11.6. The number of carbonyl (C=O) groups excluding carboxylic acids is 1. The quantitative estimate of drug-likeness (QED) is 0.851. The van der Waals surface area contributed by atoms with Gasteiger partial charge in [-0.2, -0.15) is 0 Å². The lowest BCUT2D eigenvalue weighted by Gasteiger charge is -2.34. The minimum atomic E-state index is -0.213. The number of piperazine rings is 1. The molecule has 0 spiro atoms. The Hall–Kier alpha value is -1.78. The van der Waals surface area contributed by atoms with Gasteiger partial charge in [-0.25, -0.2) is 9.78 Å². The third-order valence-electron chi connectivity index (χ3n) is 3.57. The summed E-state index contributed by atoms with van der Waals surface area (Å²) < 4.78 is 5.02. The van der Waals surface area contributed by atoms with Crippen LogP contribution in [-0.4, -0.2) is 48.8 Å². The van der Waals surface area contributed by atoms with Gasteiger partial charge in [0.15, 0.2) is 0 Å². The van der Waals surface area contributed by atoms with Crippen molar-refractivity contribution < 1.29 is 9.53 Å². The van der Waals surface area contributed by atoms with Crippen LogP contribution in [-0.2, 0) is 4.74 Å². The lowest BCUT2D eigenvalue weighted by Crippen LogP contribution is -2.49. The highest BCUT2D eigenvalue weighted by atomic mass is 16.6. The first-order valence-corrected chi connectivity index (χ1v) is 7.24. The van der Waals surface area contributed by atoms with Crippen LogP contribution in [0.15, 0.2) is 18.3 Å². The van der Waals surface area contributed by atoms with Crippen LogP contribution in [0.25, 0.3) is 0 Å². The van der Waals surface area contributed by atoms with Gasteiger partial charge in [0.05, 0.1) is 6.61 Å². The molecule has 5 nitrogen and oxygen atoms in total. The third-order valence-corrected chi connectivity index (χ3v) is 3.57. The van der Waals surface area contributed by atoms with Gasteiger partial charge in [0.1, 0.15) is 5.82 Å². The van der Waals surface area contributed by atoms with Crippen LogP contribution in [0, 0.1) is 0 Å². The molecule has 0 unspecified atom stereocenters. The molecule has 0 atom stereocenters. The fourth-order valence-electron chi connectivity index (χ4n) is 2.26. The van der Waals surface area contributed by atoms with Gasteiger partial charge in [0.2, 0.25) is 0 Å². The second kappa shape index (κ2) is 6.59. The lowest BCUT2D eigenvalue weighted by atomic mass is 10.1. The van der Waals surface area contributed by atoms with Crippen molar-refractivity contribution >= 4 is 11.9 Å². The van der Waals surface area contributed by atoms with E-state index in [4.69, 9.17) is 4.74 Å². The molecule has 0 N–H and O–H groups in total. The van der Waals surface area contributed by atoms with Crippen molar-refractivity contribution in [1.29, 1.82) is 0 Å². The van der Waals surface area contributed by atoms with Crippen LogP contribution in [0.5, 0.6) is 0 Å². The van der Waals surface area contributed by atoms with E-state index in [1.165, 1.54) is 5.56 Å². The van der Waals surface area contributed by atoms with Gasteiger partial charge in [-0.3, -0.25) is 0 Å². The SMILES string of the molecule is CCOC(=O)N1CCN(c2ccc(C(C)C)cn2)CC1. The van der Waals surface area contributed by atoms with E-state index < -0.39 is 0 Å². The number of hydrogen-bond acceptors (Lipinski definition) is 4. The Bertz CT molecular complexity index is 437. The Morgan fingerprint density at radius 2 is 2.00 bits per heavy atom. The summed E-state index contributed by atoms with van der Waals surface area (Å²) in [6.07, 6.45) is 1.73. The van der Waals surface area contributed by atoms with Gasteiger partial charge in [-0.05, 0) is 24.5 Å². The highest BCUT2D eigenvalue weighted by Gasteiger charge is 2.22. The Labute approximate surface area is 120 Å². The Morgan fingerprint density at radius 3 is 2.50 bits per heavy atom. The van der Waals surface area contributed by atoms with Crippen molar-refractivity contribution in [3.05, 3.63) is 23.9 Å². The number of nitrogens with zero attached hydrogens (tertiary/aromatic N) is 3. The molecular formula is C15H23N3O2. The number of pyridine rings is 1. The second-order valence-corrected chi connectivity index (χ2v) is 5.28. The van der Waals surface area contributed by atoms with Gasteiger partial charge in [-0.15, -0.1) is 0 Å². The van der Waals surface area contributed by atoms with Gasteiger partial charge in [-0.1, -0.05) is 19.9 Å². The smallest absolute Gasteiger partial charge is 0.409 e. The van der Waals surface area contributed by atoms with Crippen molar-refractivity contribution in [3.63, 3.8) is 0 Å². The molecule has 1 aromatic heterocycles. The Balaban J connectivity index is 1.91. The van der Waals surface area contributed by atoms with Crippen molar-refractivity contribution in [2.24, 2.45) is 0 Å². The first kappa shape index (κ1) is 14.6. The summed E-state index contributed by atoms with van der Waals surface area (Å²) >= 11 is 0. The number of carbonyl (C=O) groups is 1. The van der Waals surface area contributed by atoms with E-state index in [-0.39, 0.29) is 6.09 Å². The summed E-state index contributed by atoms with van der Waals surface area (Å²) in [5, 5.41) is 0. The predicted molar refractivity (Wildman–Crippen MR) is 79.1 cm³/mol. The summed E-state index contributed by atoms with van der Waals surface area (Å²) in [5.41, 5.74) is 1.25. The number of amides is 1. The standard InChI is InChI=1S/C15H23N3O2/c1-4-20-15(19)18-9-7-17(8-10-18)14-6-5-13(11-16-14)12(2)3/h5-6,11-12H,4,7-10H2,1-3H3. The highest BCUT2D eigenvalue weighted by Crippen LogP contribution is 2.18. The van der Waals surface area contributed by atoms with Crippen LogP contribution in [0.4, 0.5) is 10.6 Å². The van der Waals surface area contributed by atoms with Gasteiger partial charge in [0, 0.05) is 32.4 Å². The molecule has 5 heteroatoms. The van der Waals surface area contributed by atoms with E-state index in [1.807, 2.05) is 13.1 Å². The first-order valence-electron chi connectivity index (χ1n) is 7.24. The van der Waals surface area contributed by atoms with E-state index in [0.717, 1.165) is 18.9 Å². The molecule has 1 fully saturated rings. The predicted octanol–water partition coefficient (Wildman–Crippen LogP) is 2.48. The molecule has 0 aromatic carbocycles. The zero-order valence-electron chi connectivity index (χ0n) is 12.5. The molecule has 0 radical (unpaired) electrons. The summed E-state index contributed by atoms with van der Waals surface area (Å²) in [6, 6.07) is 4.19. The molecule has 20 heavy (non-hydrogen) atoms. The van der Waals surface area contributed by atoms with Crippen LogP contribution >= 0.6 is 0 Å². The molecular weight excluding hydrogens is 254 g/mol. The van der Waals surface area contributed by atoms with Gasteiger partial charge in [0.25, 0.3) is 0 Å². The maximum atomic E-state index is 11.6. The molecule has 0 saturated carbocycles. The van der Waals surface area contributed by atoms with E-state index >= 15 is 0 Å². The topological polar surface area (TPSA) is 45.7 Å². The number of hydrogen-bond donors (Lipinski definition) is 0. The zero-order valence-corrected chi connectivity index (χ0v) is 12.5. The van der Waals surface area contributed by atoms with Gasteiger partial charge >= 0.3 is 6.09 Å². The molecule has 1 aliphatic heterocycles. The van der Waals surface area contributed by atoms with E-state index in [1.54, 1.807) is 4.90 Å². The molecule has 1 amide bonds. The average Bonchev–Trinajstić information content (AvgIpc) is 2.48. The zero-order chi connectivity index (χ0) is 14.5. The van der Waals surface area contributed by atoms with Gasteiger partial charge < -0.3 is 14.5 Å². The van der Waals surface area contributed by atoms with Crippen LogP contribution < -0.4 is 4.90 Å². The lowest BCUT2D eigenvalue weighted by molar-refractivity contribution is 0.105. The van der Waals surface area contributed by atoms with Crippen LogP contribution in [0.2, 0.25) is 0 Å². The van der Waals surface area contributed by atoms with Crippen molar-refractivity contribution in [3.8, 4) is 0 Å². The van der Waals surface area contributed by atoms with Crippen LogP contribution in [0.3, 0.4) is 0 Å². The molecule has 0 bridgehead atoms. The maximum Gasteiger partial charge on any atom is 0.409 e. The summed E-state index contributed by atoms with van der Waals surface area (Å²) in [4.78, 5) is 20.1. The summed E-state index contributed by atoms with van der Waals surface area (Å²) in [6.45, 7) is 9.55. The summed E-state index contributed by atoms with van der Waals surface area (Å²) in [5.74, 6) is 1.48. The van der Waals surface area contributed by atoms with Crippen molar-refractivity contribution in [2.75, 3.05) is 37.7 Å². The Morgan fingerprint density at radius 1 is 1.30 bits per heavy atom. The molecule has 110 valence electrons. The minimum absolute atomic E-state index is 0.213. The first-order chi connectivity index (χ1) is 9.61. The van der Waals surface area contributed by atoms with Crippen molar-refractivity contribution in [1.82, 2.24) is 9.88 Å². The fraction of sp³-hybridized carbons (Fsp3) is 0.600. The number of anilines is 1. The number of rotatable bonds is 3. The number of aromatic nitrogens is 1. The van der Waals surface area contributed by atoms with E-state index in [2.05, 4.69) is 35.9 Å². The minimum Gasteiger partial charge on any atom is -0.450 e. The average molecular weight is 277 g/mol. The monoisotopic (exact) mass is 277 g/mol. The number of ether oxygens (including phenoxy) is 1. The highest BCUT2D eigenvalue weighted by molar-refractivity contribution is 5.68. The normalized spacial score (nSPS) is 15.6. The molecule has 1 aromatic rings. The second-order valence-electron chi connectivity index (χ2n) is 5.28. The van der Waals surface area contributed by atoms with E-state index in [0.29, 0.717) is 25.6 Å². The summed E-state index contributed by atoms with van der Waals surface area (Å²) in [7, 11) is 0. The Kier molecular flexibility index (Phi) is 4.82. The molecule has 1 aliphatic rings. The van der Waals surface area contributed by atoms with Crippen LogP contribution in [0.1, 0.15) is 32.3 Å². The molecule has 2 rings (SSSR count). The van der Waals surface area contributed by atoms with E-state index in [9.17, 15) is 4.79 Å². The van der Waals surface area contributed by atoms with Crippen molar-refractivity contribution in [2.45, 2.75) is 26.7 Å². The molecule has 0 aliphatic carbocycles. The molecule has 1 saturated heterocycles. The largest absolute Gasteiger partial charge is 0.450 e.